The lowest BCUT2D eigenvalue weighted by atomic mass is 9.94. The number of nitrogens with one attached hydrogen (secondary N) is 1. The second kappa shape index (κ2) is 6.76. The average molecular weight is 215 g/mol. The second-order valence-corrected chi connectivity index (χ2v) is 4.04. The van der Waals surface area contributed by atoms with Crippen molar-refractivity contribution in [3.8, 4) is 0 Å². The highest BCUT2D eigenvalue weighted by Gasteiger charge is 2.18. The van der Waals surface area contributed by atoms with Gasteiger partial charge in [-0.3, -0.25) is 4.79 Å². The molecule has 5 nitrogen and oxygen atoms in total. The van der Waals surface area contributed by atoms with E-state index in [-0.39, 0.29) is 5.97 Å². The summed E-state index contributed by atoms with van der Waals surface area (Å²) in [6.07, 6.45) is 4.18. The van der Waals surface area contributed by atoms with Crippen LogP contribution in [0.5, 0.6) is 0 Å². The summed E-state index contributed by atoms with van der Waals surface area (Å²) in [6.45, 7) is 5.21. The Balaban J connectivity index is 2.10. The quantitative estimate of drug-likeness (QED) is 0.514. The molecule has 0 aromatic heterocycles. The lowest BCUT2D eigenvalue weighted by Crippen LogP contribution is -2.36. The van der Waals surface area contributed by atoms with Gasteiger partial charge < -0.3 is 9.74 Å². The molecule has 0 aromatic rings. The van der Waals surface area contributed by atoms with Crippen LogP contribution >= 0.6 is 0 Å². The Morgan fingerprint density at radius 2 is 2.20 bits per heavy atom. The molecule has 0 spiro atoms. The molecule has 3 N–H and O–H groups in total. The Kier molecular flexibility index (Phi) is 5.60. The molecule has 1 rings (SSSR count). The molecule has 1 aliphatic heterocycles. The fourth-order valence-corrected chi connectivity index (χ4v) is 1.98. The summed E-state index contributed by atoms with van der Waals surface area (Å²) in [7, 11) is 0. The molecule has 88 valence electrons. The van der Waals surface area contributed by atoms with Crippen LogP contribution in [0.3, 0.4) is 0 Å². The number of carbonyl (C=O) groups excluding carboxylic acids is 1. The summed E-state index contributed by atoms with van der Waals surface area (Å²) < 4.78 is 0. The number of nitrogens with two attached hydrogens (primary N) is 1. The van der Waals surface area contributed by atoms with Gasteiger partial charge in [0.2, 0.25) is 0 Å². The Hall–Kier alpha value is -0.650. The largest absolute Gasteiger partial charge is 0.356 e. The Labute approximate surface area is 90.9 Å². The molecule has 0 unspecified atom stereocenters. The number of carbonyl (C=O) groups is 1. The molecule has 15 heavy (non-hydrogen) atoms. The van der Waals surface area contributed by atoms with E-state index >= 15 is 0 Å². The summed E-state index contributed by atoms with van der Waals surface area (Å²) in [4.78, 5) is 17.8. The van der Waals surface area contributed by atoms with Gasteiger partial charge in [-0.05, 0) is 31.8 Å². The van der Waals surface area contributed by atoms with Crippen molar-refractivity contribution in [2.75, 3.05) is 19.6 Å². The van der Waals surface area contributed by atoms with Gasteiger partial charge in [-0.25, -0.2) is 5.84 Å². The molecular weight excluding hydrogens is 194 g/mol. The summed E-state index contributed by atoms with van der Waals surface area (Å²) in [5, 5.41) is 0. The number of piperidine rings is 1. The summed E-state index contributed by atoms with van der Waals surface area (Å²) in [5.74, 6) is 5.45. The highest BCUT2D eigenvalue weighted by atomic mass is 16.7. The number of likely N-dealkylation sites (tertiary alicyclic amines) is 1. The van der Waals surface area contributed by atoms with Crippen molar-refractivity contribution >= 4 is 5.97 Å². The Bertz CT molecular complexity index is 191. The summed E-state index contributed by atoms with van der Waals surface area (Å²) in [5.41, 5.74) is 1.90. The van der Waals surface area contributed by atoms with Crippen LogP contribution in [0.1, 0.15) is 32.6 Å². The molecule has 0 aromatic carbocycles. The van der Waals surface area contributed by atoms with Crippen molar-refractivity contribution in [3.63, 3.8) is 0 Å². The first-order valence-electron chi connectivity index (χ1n) is 5.64. The third-order valence-electron chi connectivity index (χ3n) is 3.09. The van der Waals surface area contributed by atoms with Crippen LogP contribution in [0, 0.1) is 5.92 Å². The van der Waals surface area contributed by atoms with Crippen LogP contribution in [-0.2, 0) is 9.63 Å². The molecule has 0 radical (unpaired) electrons. The maximum atomic E-state index is 11.0. The Morgan fingerprint density at radius 3 is 2.73 bits per heavy atom. The number of rotatable bonds is 5. The van der Waals surface area contributed by atoms with E-state index in [0.29, 0.717) is 6.42 Å². The first-order chi connectivity index (χ1) is 7.26. The van der Waals surface area contributed by atoms with Gasteiger partial charge in [-0.1, -0.05) is 18.9 Å². The monoisotopic (exact) mass is 215 g/mol. The van der Waals surface area contributed by atoms with Crippen molar-refractivity contribution < 1.29 is 9.63 Å². The standard InChI is InChI=1S/C10H21N3O2/c1-2-9-3-6-13(7-4-9)8-5-10(14)15-12-11/h9,12H,2-8,11H2,1H3. The van der Waals surface area contributed by atoms with E-state index in [2.05, 4.69) is 16.7 Å². The zero-order valence-corrected chi connectivity index (χ0v) is 9.37. The van der Waals surface area contributed by atoms with Crippen molar-refractivity contribution in [2.45, 2.75) is 32.6 Å². The third-order valence-corrected chi connectivity index (χ3v) is 3.09. The molecule has 1 saturated heterocycles. The molecule has 0 aliphatic carbocycles. The van der Waals surface area contributed by atoms with E-state index in [9.17, 15) is 4.79 Å². The van der Waals surface area contributed by atoms with Crippen LogP contribution in [0.25, 0.3) is 0 Å². The van der Waals surface area contributed by atoms with Gasteiger partial charge in [0.1, 0.15) is 0 Å². The van der Waals surface area contributed by atoms with Gasteiger partial charge >= 0.3 is 5.97 Å². The predicted molar refractivity (Wildman–Crippen MR) is 57.5 cm³/mol. The minimum absolute atomic E-state index is 0.296. The maximum Gasteiger partial charge on any atom is 0.327 e. The van der Waals surface area contributed by atoms with Crippen LogP contribution in [0.2, 0.25) is 0 Å². The predicted octanol–water partition coefficient (Wildman–Crippen LogP) is 0.420. The minimum atomic E-state index is -0.296. The first kappa shape index (κ1) is 12.4. The SMILES string of the molecule is CCC1CCN(CCC(=O)ONN)CC1. The first-order valence-corrected chi connectivity index (χ1v) is 5.64. The van der Waals surface area contributed by atoms with Crippen LogP contribution in [-0.4, -0.2) is 30.5 Å². The topological polar surface area (TPSA) is 67.6 Å². The number of hydrogen-bond acceptors (Lipinski definition) is 5. The molecule has 1 heterocycles. The third kappa shape index (κ3) is 4.59. The molecule has 0 bridgehead atoms. The highest BCUT2D eigenvalue weighted by Crippen LogP contribution is 2.19. The fourth-order valence-electron chi connectivity index (χ4n) is 1.98. The molecule has 0 saturated carbocycles. The maximum absolute atomic E-state index is 11.0. The molecule has 0 atom stereocenters. The van der Waals surface area contributed by atoms with E-state index in [1.807, 2.05) is 5.59 Å². The molecule has 1 fully saturated rings. The Morgan fingerprint density at radius 1 is 1.53 bits per heavy atom. The van der Waals surface area contributed by atoms with Crippen molar-refractivity contribution in [1.82, 2.24) is 10.5 Å². The summed E-state index contributed by atoms with van der Waals surface area (Å²) >= 11 is 0. The number of hydrazine groups is 1. The van der Waals surface area contributed by atoms with Gasteiger partial charge in [0, 0.05) is 6.54 Å². The number of hydrogen-bond donors (Lipinski definition) is 2. The van der Waals surface area contributed by atoms with E-state index in [1.54, 1.807) is 0 Å². The molecule has 5 heteroatoms. The smallest absolute Gasteiger partial charge is 0.327 e. The van der Waals surface area contributed by atoms with Gasteiger partial charge in [-0.2, -0.15) is 0 Å². The molecule has 1 aliphatic rings. The zero-order valence-electron chi connectivity index (χ0n) is 9.37. The second-order valence-electron chi connectivity index (χ2n) is 4.04. The van der Waals surface area contributed by atoms with Crippen molar-refractivity contribution in [3.05, 3.63) is 0 Å². The van der Waals surface area contributed by atoms with Crippen LogP contribution in [0.15, 0.2) is 0 Å². The van der Waals surface area contributed by atoms with E-state index < -0.39 is 0 Å². The molecule has 0 amide bonds. The minimum Gasteiger partial charge on any atom is -0.356 e. The van der Waals surface area contributed by atoms with Gasteiger partial charge in [0.05, 0.1) is 6.42 Å². The van der Waals surface area contributed by atoms with E-state index in [1.165, 1.54) is 19.3 Å². The van der Waals surface area contributed by atoms with E-state index in [4.69, 9.17) is 5.84 Å². The van der Waals surface area contributed by atoms with Crippen molar-refractivity contribution in [2.24, 2.45) is 11.8 Å². The lowest BCUT2D eigenvalue weighted by Gasteiger charge is -2.31. The van der Waals surface area contributed by atoms with Gasteiger partial charge in [0.25, 0.3) is 0 Å². The van der Waals surface area contributed by atoms with Gasteiger partial charge in [0.15, 0.2) is 0 Å². The molecular formula is C10H21N3O2. The number of nitrogens with zero attached hydrogens (tertiary/aromatic N) is 1. The zero-order chi connectivity index (χ0) is 11.1. The van der Waals surface area contributed by atoms with Crippen molar-refractivity contribution in [1.29, 1.82) is 0 Å². The van der Waals surface area contributed by atoms with E-state index in [0.717, 1.165) is 25.6 Å². The highest BCUT2D eigenvalue weighted by molar-refractivity contribution is 5.69. The lowest BCUT2D eigenvalue weighted by molar-refractivity contribution is -0.151. The van der Waals surface area contributed by atoms with Crippen LogP contribution in [0.4, 0.5) is 0 Å². The van der Waals surface area contributed by atoms with Gasteiger partial charge in [-0.15, -0.1) is 0 Å². The summed E-state index contributed by atoms with van der Waals surface area (Å²) in [6, 6.07) is 0. The average Bonchev–Trinajstić information content (AvgIpc) is 2.27. The van der Waals surface area contributed by atoms with Crippen LogP contribution < -0.4 is 11.4 Å². The fraction of sp³-hybridized carbons (Fsp3) is 0.900. The normalized spacial score (nSPS) is 19.1.